The molecule has 2 aliphatic heterocycles. The SMILES string of the molecule is CCc1ccccc1NC(=O)C1CCCN(S(=O)(=O)c2cc3c(cc2C)NC(=O)CO3)C1. The van der Waals surface area contributed by atoms with Gasteiger partial charge in [-0.05, 0) is 49.4 Å². The largest absolute Gasteiger partial charge is 0.482 e. The van der Waals surface area contributed by atoms with Crippen molar-refractivity contribution in [3.8, 4) is 5.75 Å². The third-order valence-electron chi connectivity index (χ3n) is 5.94. The van der Waals surface area contributed by atoms with E-state index in [2.05, 4.69) is 10.6 Å². The van der Waals surface area contributed by atoms with Crippen LogP contribution in [0.1, 0.15) is 30.9 Å². The van der Waals surface area contributed by atoms with E-state index in [4.69, 9.17) is 4.74 Å². The number of amides is 2. The summed E-state index contributed by atoms with van der Waals surface area (Å²) in [7, 11) is -3.83. The van der Waals surface area contributed by atoms with Crippen LogP contribution in [0.2, 0.25) is 0 Å². The van der Waals surface area contributed by atoms with Crippen LogP contribution in [0.3, 0.4) is 0 Å². The number of hydrogen-bond donors (Lipinski definition) is 2. The maximum Gasteiger partial charge on any atom is 0.262 e. The number of aryl methyl sites for hydroxylation is 2. The van der Waals surface area contributed by atoms with Crippen molar-refractivity contribution < 1.29 is 22.7 Å². The van der Waals surface area contributed by atoms with E-state index in [0.717, 1.165) is 17.7 Å². The van der Waals surface area contributed by atoms with Gasteiger partial charge in [0.25, 0.3) is 5.91 Å². The molecule has 2 aromatic rings. The topological polar surface area (TPSA) is 105 Å². The van der Waals surface area contributed by atoms with E-state index in [-0.39, 0.29) is 29.9 Å². The molecule has 0 saturated carbocycles. The number of para-hydroxylation sites is 1. The minimum Gasteiger partial charge on any atom is -0.482 e. The van der Waals surface area contributed by atoms with Gasteiger partial charge in [0, 0.05) is 24.8 Å². The summed E-state index contributed by atoms with van der Waals surface area (Å²) >= 11 is 0. The first kappa shape index (κ1) is 22.3. The smallest absolute Gasteiger partial charge is 0.262 e. The lowest BCUT2D eigenvalue weighted by atomic mass is 9.98. The van der Waals surface area contributed by atoms with Gasteiger partial charge in [-0.1, -0.05) is 25.1 Å². The van der Waals surface area contributed by atoms with Gasteiger partial charge in [0.2, 0.25) is 15.9 Å². The number of hydrogen-bond acceptors (Lipinski definition) is 5. The second-order valence-corrected chi connectivity index (χ2v) is 10.1. The Hall–Kier alpha value is -2.91. The Balaban J connectivity index is 1.54. The van der Waals surface area contributed by atoms with E-state index in [1.165, 1.54) is 10.4 Å². The number of piperidine rings is 1. The van der Waals surface area contributed by atoms with Crippen LogP contribution in [0.15, 0.2) is 41.3 Å². The lowest BCUT2D eigenvalue weighted by Gasteiger charge is -2.32. The molecule has 1 unspecified atom stereocenters. The number of ether oxygens (including phenoxy) is 1. The molecule has 0 radical (unpaired) electrons. The van der Waals surface area contributed by atoms with E-state index in [1.807, 2.05) is 31.2 Å². The average Bonchev–Trinajstić information content (AvgIpc) is 2.78. The molecule has 170 valence electrons. The van der Waals surface area contributed by atoms with Gasteiger partial charge < -0.3 is 15.4 Å². The molecule has 0 aromatic heterocycles. The molecule has 2 aliphatic rings. The molecule has 32 heavy (non-hydrogen) atoms. The summed E-state index contributed by atoms with van der Waals surface area (Å²) in [6.45, 7) is 4.03. The summed E-state index contributed by atoms with van der Waals surface area (Å²) in [4.78, 5) is 24.6. The standard InChI is InChI=1S/C23H27N3O5S/c1-3-16-7-4-5-9-18(16)25-23(28)17-8-6-10-26(13-17)32(29,30)21-12-20-19(11-15(21)2)24-22(27)14-31-20/h4-5,7,9,11-12,17H,3,6,8,10,13-14H2,1-2H3,(H,24,27)(H,25,28). The Morgan fingerprint density at radius 3 is 2.84 bits per heavy atom. The van der Waals surface area contributed by atoms with Gasteiger partial charge in [-0.2, -0.15) is 4.31 Å². The highest BCUT2D eigenvalue weighted by atomic mass is 32.2. The van der Waals surface area contributed by atoms with Crippen molar-refractivity contribution >= 4 is 33.2 Å². The summed E-state index contributed by atoms with van der Waals surface area (Å²) in [6, 6.07) is 10.7. The Morgan fingerprint density at radius 2 is 2.06 bits per heavy atom. The number of benzene rings is 2. The Bertz CT molecular complexity index is 1160. The molecule has 1 fully saturated rings. The first-order valence-corrected chi connectivity index (χ1v) is 12.2. The van der Waals surface area contributed by atoms with Gasteiger partial charge in [0.15, 0.2) is 6.61 Å². The third kappa shape index (κ3) is 4.35. The zero-order valence-electron chi connectivity index (χ0n) is 18.2. The fourth-order valence-electron chi connectivity index (χ4n) is 4.19. The van der Waals surface area contributed by atoms with Gasteiger partial charge in [0.1, 0.15) is 5.75 Å². The molecule has 2 N–H and O–H groups in total. The maximum atomic E-state index is 13.4. The van der Waals surface area contributed by atoms with Crippen molar-refractivity contribution in [2.45, 2.75) is 38.0 Å². The number of anilines is 2. The van der Waals surface area contributed by atoms with E-state index in [9.17, 15) is 18.0 Å². The van der Waals surface area contributed by atoms with Crippen LogP contribution in [0.4, 0.5) is 11.4 Å². The second kappa shape index (κ2) is 8.91. The lowest BCUT2D eigenvalue weighted by molar-refractivity contribution is -0.121. The third-order valence-corrected chi connectivity index (χ3v) is 7.95. The number of rotatable bonds is 5. The number of carbonyl (C=O) groups excluding carboxylic acids is 2. The molecule has 0 spiro atoms. The molecule has 1 saturated heterocycles. The quantitative estimate of drug-likeness (QED) is 0.718. The van der Waals surface area contributed by atoms with Crippen molar-refractivity contribution in [2.75, 3.05) is 30.3 Å². The van der Waals surface area contributed by atoms with Crippen LogP contribution in [-0.2, 0) is 26.0 Å². The number of nitrogens with zero attached hydrogens (tertiary/aromatic N) is 1. The molecule has 9 heteroatoms. The minimum absolute atomic E-state index is 0.122. The Labute approximate surface area is 188 Å². The van der Waals surface area contributed by atoms with Crippen molar-refractivity contribution in [1.82, 2.24) is 4.31 Å². The van der Waals surface area contributed by atoms with Gasteiger partial charge in [-0.3, -0.25) is 9.59 Å². The fourth-order valence-corrected chi connectivity index (χ4v) is 5.94. The minimum atomic E-state index is -3.83. The van der Waals surface area contributed by atoms with Crippen LogP contribution >= 0.6 is 0 Å². The highest BCUT2D eigenvalue weighted by Gasteiger charge is 2.35. The molecule has 2 heterocycles. The van der Waals surface area contributed by atoms with Gasteiger partial charge in [-0.15, -0.1) is 0 Å². The highest BCUT2D eigenvalue weighted by Crippen LogP contribution is 2.35. The van der Waals surface area contributed by atoms with Gasteiger partial charge in [0.05, 0.1) is 16.5 Å². The second-order valence-electron chi connectivity index (χ2n) is 8.15. The summed E-state index contributed by atoms with van der Waals surface area (Å²) in [6.07, 6.45) is 2.02. The molecule has 2 aromatic carbocycles. The molecule has 0 bridgehead atoms. The fraction of sp³-hybridized carbons (Fsp3) is 0.391. The summed E-state index contributed by atoms with van der Waals surface area (Å²) in [5.41, 5.74) is 2.78. The van der Waals surface area contributed by atoms with Gasteiger partial charge >= 0.3 is 0 Å². The molecule has 2 amide bonds. The van der Waals surface area contributed by atoms with E-state index in [1.54, 1.807) is 13.0 Å². The highest BCUT2D eigenvalue weighted by molar-refractivity contribution is 7.89. The average molecular weight is 458 g/mol. The molecular weight excluding hydrogens is 430 g/mol. The van der Waals surface area contributed by atoms with Crippen molar-refractivity contribution in [1.29, 1.82) is 0 Å². The van der Waals surface area contributed by atoms with E-state index < -0.39 is 15.9 Å². The van der Waals surface area contributed by atoms with Crippen LogP contribution in [0, 0.1) is 12.8 Å². The first-order chi connectivity index (χ1) is 15.3. The monoisotopic (exact) mass is 457 g/mol. The molecule has 8 nitrogen and oxygen atoms in total. The van der Waals surface area contributed by atoms with E-state index in [0.29, 0.717) is 36.4 Å². The predicted molar refractivity (Wildman–Crippen MR) is 121 cm³/mol. The Morgan fingerprint density at radius 1 is 1.28 bits per heavy atom. The van der Waals surface area contributed by atoms with Crippen LogP contribution in [-0.4, -0.2) is 44.2 Å². The van der Waals surface area contributed by atoms with Gasteiger partial charge in [-0.25, -0.2) is 8.42 Å². The summed E-state index contributed by atoms with van der Waals surface area (Å²) in [5, 5.41) is 5.67. The number of nitrogens with one attached hydrogen (secondary N) is 2. The van der Waals surface area contributed by atoms with Crippen molar-refractivity contribution in [3.05, 3.63) is 47.5 Å². The number of carbonyl (C=O) groups is 2. The number of fused-ring (bicyclic) bond motifs is 1. The Kier molecular flexibility index (Phi) is 6.21. The molecule has 1 atom stereocenters. The molecule has 4 rings (SSSR count). The van der Waals surface area contributed by atoms with Crippen molar-refractivity contribution in [3.63, 3.8) is 0 Å². The molecule has 0 aliphatic carbocycles. The predicted octanol–water partition coefficient (Wildman–Crippen LogP) is 2.93. The summed E-state index contributed by atoms with van der Waals surface area (Å²) < 4.78 is 33.7. The van der Waals surface area contributed by atoms with Crippen LogP contribution in [0.25, 0.3) is 0 Å². The maximum absolute atomic E-state index is 13.4. The van der Waals surface area contributed by atoms with Crippen molar-refractivity contribution in [2.24, 2.45) is 5.92 Å². The zero-order chi connectivity index (χ0) is 22.9. The zero-order valence-corrected chi connectivity index (χ0v) is 19.0. The lowest BCUT2D eigenvalue weighted by Crippen LogP contribution is -2.44. The normalized spacial score (nSPS) is 18.9. The first-order valence-electron chi connectivity index (χ1n) is 10.8. The van der Waals surface area contributed by atoms with E-state index >= 15 is 0 Å². The van der Waals surface area contributed by atoms with Crippen LogP contribution in [0.5, 0.6) is 5.75 Å². The summed E-state index contributed by atoms with van der Waals surface area (Å²) in [5.74, 6) is -0.547. The number of sulfonamides is 1. The van der Waals surface area contributed by atoms with Crippen LogP contribution < -0.4 is 15.4 Å². The molecular formula is C23H27N3O5S.